The Bertz CT molecular complexity index is 758. The van der Waals surface area contributed by atoms with Gasteiger partial charge in [-0.1, -0.05) is 0 Å². The maximum absolute atomic E-state index is 13.8. The van der Waals surface area contributed by atoms with Gasteiger partial charge in [-0.25, -0.2) is 17.1 Å². The summed E-state index contributed by atoms with van der Waals surface area (Å²) in [6.07, 6.45) is 1.12. The summed E-state index contributed by atoms with van der Waals surface area (Å²) < 4.78 is 45.1. The standard InChI is InChI=1S/C16H19FN2O4S/c1-2-23-16(20)13-4-3-7-19(10-13)24(21,22)11-14-8-12(9-18)5-6-15(14)17/h5-6,8,13H,2-4,7,10-11H2,1H3/t13-/m0/s1. The van der Waals surface area contributed by atoms with Crippen molar-refractivity contribution in [1.82, 2.24) is 4.31 Å². The molecule has 2 rings (SSSR count). The second kappa shape index (κ2) is 7.73. The van der Waals surface area contributed by atoms with E-state index in [1.54, 1.807) is 6.92 Å². The number of rotatable bonds is 5. The van der Waals surface area contributed by atoms with Crippen LogP contribution < -0.4 is 0 Å². The number of benzene rings is 1. The molecule has 0 aromatic heterocycles. The number of nitriles is 1. The maximum atomic E-state index is 13.8. The molecule has 24 heavy (non-hydrogen) atoms. The summed E-state index contributed by atoms with van der Waals surface area (Å²) in [5, 5.41) is 8.86. The van der Waals surface area contributed by atoms with Crippen molar-refractivity contribution in [2.75, 3.05) is 19.7 Å². The smallest absolute Gasteiger partial charge is 0.310 e. The fourth-order valence-corrected chi connectivity index (χ4v) is 4.30. The molecule has 0 spiro atoms. The zero-order valence-corrected chi connectivity index (χ0v) is 14.2. The summed E-state index contributed by atoms with van der Waals surface area (Å²) >= 11 is 0. The predicted octanol–water partition coefficient (Wildman–Crippen LogP) is 1.80. The molecule has 0 N–H and O–H groups in total. The Hall–Kier alpha value is -1.98. The van der Waals surface area contributed by atoms with Gasteiger partial charge >= 0.3 is 5.97 Å². The summed E-state index contributed by atoms with van der Waals surface area (Å²) in [6.45, 7) is 2.27. The average molecular weight is 354 g/mol. The highest BCUT2D eigenvalue weighted by Crippen LogP contribution is 2.23. The van der Waals surface area contributed by atoms with Crippen LogP contribution in [0.5, 0.6) is 0 Å². The minimum absolute atomic E-state index is 0.0424. The van der Waals surface area contributed by atoms with Gasteiger partial charge in [0.25, 0.3) is 0 Å². The van der Waals surface area contributed by atoms with Crippen molar-refractivity contribution >= 4 is 16.0 Å². The van der Waals surface area contributed by atoms with E-state index in [4.69, 9.17) is 10.00 Å². The van der Waals surface area contributed by atoms with Gasteiger partial charge in [-0.2, -0.15) is 5.26 Å². The third-order valence-electron chi connectivity index (χ3n) is 3.91. The van der Waals surface area contributed by atoms with Gasteiger partial charge in [-0.3, -0.25) is 4.79 Å². The molecule has 1 fully saturated rings. The van der Waals surface area contributed by atoms with E-state index in [9.17, 15) is 17.6 Å². The van der Waals surface area contributed by atoms with Gasteiger partial charge in [0, 0.05) is 18.7 Å². The molecule has 1 aromatic carbocycles. The number of hydrogen-bond acceptors (Lipinski definition) is 5. The molecule has 0 unspecified atom stereocenters. The SMILES string of the molecule is CCOC(=O)[C@H]1CCCN(S(=O)(=O)Cc2cc(C#N)ccc2F)C1. The third-order valence-corrected chi connectivity index (χ3v) is 5.70. The van der Waals surface area contributed by atoms with Crippen LogP contribution in [0.15, 0.2) is 18.2 Å². The quantitative estimate of drug-likeness (QED) is 0.753. The highest BCUT2D eigenvalue weighted by atomic mass is 32.2. The molecule has 1 heterocycles. The largest absolute Gasteiger partial charge is 0.466 e. The van der Waals surface area contributed by atoms with E-state index in [1.807, 2.05) is 6.07 Å². The van der Waals surface area contributed by atoms with Crippen molar-refractivity contribution in [2.24, 2.45) is 5.92 Å². The molecule has 0 bridgehead atoms. The number of carbonyl (C=O) groups excluding carboxylic acids is 1. The van der Waals surface area contributed by atoms with Gasteiger partial charge < -0.3 is 4.74 Å². The molecule has 0 saturated carbocycles. The van der Waals surface area contributed by atoms with Gasteiger partial charge in [0.2, 0.25) is 10.0 Å². The van der Waals surface area contributed by atoms with Crippen LogP contribution in [0.1, 0.15) is 30.9 Å². The number of carbonyl (C=O) groups is 1. The first-order chi connectivity index (χ1) is 11.4. The van der Waals surface area contributed by atoms with Crippen LogP contribution in [0.4, 0.5) is 4.39 Å². The van der Waals surface area contributed by atoms with Crippen LogP contribution in [-0.4, -0.2) is 38.4 Å². The van der Waals surface area contributed by atoms with Gasteiger partial charge in [0.15, 0.2) is 0 Å². The Morgan fingerprint density at radius 1 is 1.50 bits per heavy atom. The highest BCUT2D eigenvalue weighted by Gasteiger charge is 2.33. The van der Waals surface area contributed by atoms with Crippen LogP contribution in [0.25, 0.3) is 0 Å². The van der Waals surface area contributed by atoms with Crippen molar-refractivity contribution in [1.29, 1.82) is 5.26 Å². The van der Waals surface area contributed by atoms with Crippen LogP contribution in [-0.2, 0) is 25.3 Å². The molecule has 1 atom stereocenters. The average Bonchev–Trinajstić information content (AvgIpc) is 2.57. The van der Waals surface area contributed by atoms with E-state index in [0.717, 1.165) is 6.07 Å². The maximum Gasteiger partial charge on any atom is 0.310 e. The highest BCUT2D eigenvalue weighted by molar-refractivity contribution is 7.88. The number of hydrogen-bond donors (Lipinski definition) is 0. The summed E-state index contributed by atoms with van der Waals surface area (Å²) in [6, 6.07) is 5.47. The first-order valence-electron chi connectivity index (χ1n) is 7.70. The number of ether oxygens (including phenoxy) is 1. The van der Waals surface area contributed by atoms with E-state index >= 15 is 0 Å². The Morgan fingerprint density at radius 3 is 2.92 bits per heavy atom. The molecular formula is C16H19FN2O4S. The molecule has 1 aliphatic heterocycles. The monoisotopic (exact) mass is 354 g/mol. The minimum atomic E-state index is -3.79. The van der Waals surface area contributed by atoms with E-state index in [0.29, 0.717) is 12.8 Å². The molecule has 0 amide bonds. The van der Waals surface area contributed by atoms with E-state index in [1.165, 1.54) is 16.4 Å². The fraction of sp³-hybridized carbons (Fsp3) is 0.500. The van der Waals surface area contributed by atoms with Crippen LogP contribution in [0, 0.1) is 23.1 Å². The van der Waals surface area contributed by atoms with Crippen molar-refractivity contribution in [2.45, 2.75) is 25.5 Å². The molecule has 8 heteroatoms. The fourth-order valence-electron chi connectivity index (χ4n) is 2.69. The van der Waals surface area contributed by atoms with E-state index in [2.05, 4.69) is 0 Å². The van der Waals surface area contributed by atoms with Gasteiger partial charge in [-0.15, -0.1) is 0 Å². The second-order valence-corrected chi connectivity index (χ2v) is 7.59. The summed E-state index contributed by atoms with van der Waals surface area (Å²) in [5.74, 6) is -2.11. The topological polar surface area (TPSA) is 87.5 Å². The number of halogens is 1. The normalized spacial score (nSPS) is 18.8. The Morgan fingerprint density at radius 2 is 2.25 bits per heavy atom. The molecule has 6 nitrogen and oxygen atoms in total. The second-order valence-electron chi connectivity index (χ2n) is 5.62. The number of piperidine rings is 1. The number of sulfonamides is 1. The van der Waals surface area contributed by atoms with Crippen molar-refractivity contribution in [3.8, 4) is 6.07 Å². The molecule has 1 saturated heterocycles. The Balaban J connectivity index is 2.15. The minimum Gasteiger partial charge on any atom is -0.466 e. The van der Waals surface area contributed by atoms with Crippen LogP contribution in [0.3, 0.4) is 0 Å². The van der Waals surface area contributed by atoms with E-state index < -0.39 is 33.5 Å². The van der Waals surface area contributed by atoms with Gasteiger partial charge in [0.05, 0.1) is 29.9 Å². The molecule has 1 aromatic rings. The van der Waals surface area contributed by atoms with Crippen LogP contribution in [0.2, 0.25) is 0 Å². The van der Waals surface area contributed by atoms with Gasteiger partial charge in [-0.05, 0) is 38.0 Å². The molecule has 0 radical (unpaired) electrons. The van der Waals surface area contributed by atoms with Gasteiger partial charge in [0.1, 0.15) is 5.82 Å². The molecule has 130 valence electrons. The first kappa shape index (κ1) is 18.4. The summed E-state index contributed by atoms with van der Waals surface area (Å²) in [5.41, 5.74) is 0.150. The Labute approximate surface area is 140 Å². The van der Waals surface area contributed by atoms with Crippen molar-refractivity contribution in [3.63, 3.8) is 0 Å². The lowest BCUT2D eigenvalue weighted by Crippen LogP contribution is -2.43. The third kappa shape index (κ3) is 4.30. The lowest BCUT2D eigenvalue weighted by Gasteiger charge is -2.30. The van der Waals surface area contributed by atoms with E-state index in [-0.39, 0.29) is 30.8 Å². The Kier molecular flexibility index (Phi) is 5.91. The lowest BCUT2D eigenvalue weighted by atomic mass is 10.0. The zero-order valence-electron chi connectivity index (χ0n) is 13.4. The molecule has 0 aliphatic carbocycles. The van der Waals surface area contributed by atoms with Crippen molar-refractivity contribution < 1.29 is 22.3 Å². The lowest BCUT2D eigenvalue weighted by molar-refractivity contribution is -0.149. The summed E-state index contributed by atoms with van der Waals surface area (Å²) in [4.78, 5) is 11.8. The number of esters is 1. The molecule has 1 aliphatic rings. The number of nitrogens with zero attached hydrogens (tertiary/aromatic N) is 2. The molecular weight excluding hydrogens is 335 g/mol. The van der Waals surface area contributed by atoms with Crippen molar-refractivity contribution in [3.05, 3.63) is 35.1 Å². The first-order valence-corrected chi connectivity index (χ1v) is 9.31. The van der Waals surface area contributed by atoms with Crippen LogP contribution >= 0.6 is 0 Å². The zero-order chi connectivity index (χ0) is 17.7. The summed E-state index contributed by atoms with van der Waals surface area (Å²) in [7, 11) is -3.79. The predicted molar refractivity (Wildman–Crippen MR) is 84.7 cm³/mol.